The molecule has 0 aliphatic rings. The van der Waals surface area contributed by atoms with E-state index in [-0.39, 0.29) is 12.5 Å². The Balaban J connectivity index is 2.78. The van der Waals surface area contributed by atoms with E-state index in [4.69, 9.17) is 5.11 Å². The molecular weight excluding hydrogens is 134 g/mol. The second-order valence-corrected chi connectivity index (χ2v) is 2.04. The van der Waals surface area contributed by atoms with Crippen LogP contribution in [0.25, 0.3) is 0 Å². The highest BCUT2D eigenvalue weighted by Gasteiger charge is 2.04. The molecule has 0 saturated heterocycles. The van der Waals surface area contributed by atoms with Crippen molar-refractivity contribution < 1.29 is 9.63 Å². The third-order valence-corrected chi connectivity index (χ3v) is 0.993. The van der Waals surface area contributed by atoms with Crippen LogP contribution in [0, 0.1) is 0 Å². The van der Waals surface area contributed by atoms with Crippen molar-refractivity contribution in [2.45, 2.75) is 6.61 Å². The van der Waals surface area contributed by atoms with Crippen LogP contribution in [0.2, 0.25) is 0 Å². The first-order valence-electron chi connectivity index (χ1n) is 2.85. The molecule has 1 N–H and O–H groups in total. The fourth-order valence-corrected chi connectivity index (χ4v) is 0.492. The summed E-state index contributed by atoms with van der Waals surface area (Å²) in [6.45, 7) is -0.208. The number of nitrogens with zero attached hydrogens (tertiary/aromatic N) is 3. The zero-order chi connectivity index (χ0) is 7.56. The fourth-order valence-electron chi connectivity index (χ4n) is 0.492. The molecule has 5 nitrogen and oxygen atoms in total. The SMILES string of the molecule is CN(C)c1noc(CO)n1. The van der Waals surface area contributed by atoms with Crippen molar-refractivity contribution in [1.29, 1.82) is 0 Å². The Labute approximate surface area is 58.3 Å². The number of anilines is 1. The molecular formula is C5H9N3O2. The van der Waals surface area contributed by atoms with Gasteiger partial charge in [-0.15, -0.1) is 0 Å². The number of aliphatic hydroxyl groups excluding tert-OH is 1. The largest absolute Gasteiger partial charge is 0.387 e. The second-order valence-electron chi connectivity index (χ2n) is 2.04. The minimum atomic E-state index is -0.208. The summed E-state index contributed by atoms with van der Waals surface area (Å²) in [5.41, 5.74) is 0. The summed E-state index contributed by atoms with van der Waals surface area (Å²) in [6.07, 6.45) is 0. The van der Waals surface area contributed by atoms with Crippen molar-refractivity contribution in [3.63, 3.8) is 0 Å². The first-order valence-corrected chi connectivity index (χ1v) is 2.85. The standard InChI is InChI=1S/C5H9N3O2/c1-8(2)5-6-4(3-9)10-7-5/h9H,3H2,1-2H3. The van der Waals surface area contributed by atoms with Crippen LogP contribution in [0.3, 0.4) is 0 Å². The molecule has 10 heavy (non-hydrogen) atoms. The maximum atomic E-state index is 8.52. The van der Waals surface area contributed by atoms with Crippen LogP contribution >= 0.6 is 0 Å². The van der Waals surface area contributed by atoms with Gasteiger partial charge in [0, 0.05) is 14.1 Å². The van der Waals surface area contributed by atoms with Crippen molar-refractivity contribution >= 4 is 5.95 Å². The molecule has 0 spiro atoms. The lowest BCUT2D eigenvalue weighted by Gasteiger charge is -2.01. The van der Waals surface area contributed by atoms with Gasteiger partial charge in [-0.05, 0) is 5.16 Å². The van der Waals surface area contributed by atoms with E-state index in [9.17, 15) is 0 Å². The maximum Gasteiger partial charge on any atom is 0.265 e. The van der Waals surface area contributed by atoms with Crippen molar-refractivity contribution in [1.82, 2.24) is 10.1 Å². The Morgan fingerprint density at radius 1 is 1.60 bits per heavy atom. The zero-order valence-electron chi connectivity index (χ0n) is 5.90. The average Bonchev–Trinajstić information content (AvgIpc) is 2.34. The summed E-state index contributed by atoms with van der Waals surface area (Å²) < 4.78 is 4.62. The summed E-state index contributed by atoms with van der Waals surface area (Å²) in [4.78, 5) is 5.52. The minimum Gasteiger partial charge on any atom is -0.387 e. The highest BCUT2D eigenvalue weighted by molar-refractivity contribution is 5.23. The van der Waals surface area contributed by atoms with E-state index in [1.807, 2.05) is 0 Å². The molecule has 0 unspecified atom stereocenters. The molecule has 56 valence electrons. The third kappa shape index (κ3) is 1.24. The van der Waals surface area contributed by atoms with Gasteiger partial charge in [0.05, 0.1) is 0 Å². The third-order valence-electron chi connectivity index (χ3n) is 0.993. The van der Waals surface area contributed by atoms with Crippen LogP contribution in [-0.4, -0.2) is 29.3 Å². The number of hydrogen-bond donors (Lipinski definition) is 1. The van der Waals surface area contributed by atoms with Crippen molar-refractivity contribution in [2.24, 2.45) is 0 Å². The molecule has 1 aromatic rings. The normalized spacial score (nSPS) is 9.90. The predicted octanol–water partition coefficient (Wildman–Crippen LogP) is -0.372. The molecule has 0 aliphatic carbocycles. The molecule has 0 bridgehead atoms. The molecule has 1 heterocycles. The van der Waals surface area contributed by atoms with Crippen LogP contribution in [0.15, 0.2) is 4.52 Å². The minimum absolute atomic E-state index is 0.208. The maximum absolute atomic E-state index is 8.52. The Kier molecular flexibility index (Phi) is 1.86. The fraction of sp³-hybridized carbons (Fsp3) is 0.600. The van der Waals surface area contributed by atoms with Crippen LogP contribution in [0.5, 0.6) is 0 Å². The molecule has 1 rings (SSSR count). The molecule has 0 aliphatic heterocycles. The van der Waals surface area contributed by atoms with Crippen LogP contribution in [0.4, 0.5) is 5.95 Å². The van der Waals surface area contributed by atoms with Gasteiger partial charge in [-0.2, -0.15) is 4.98 Å². The number of hydrogen-bond acceptors (Lipinski definition) is 5. The van der Waals surface area contributed by atoms with Gasteiger partial charge in [-0.1, -0.05) is 0 Å². The van der Waals surface area contributed by atoms with Gasteiger partial charge in [0.25, 0.3) is 11.8 Å². The molecule has 0 radical (unpaired) electrons. The summed E-state index contributed by atoms with van der Waals surface area (Å²) in [5, 5.41) is 12.1. The van der Waals surface area contributed by atoms with E-state index in [1.165, 1.54) is 0 Å². The number of rotatable bonds is 2. The van der Waals surface area contributed by atoms with Crippen molar-refractivity contribution in [3.05, 3.63) is 5.89 Å². The Morgan fingerprint density at radius 3 is 2.60 bits per heavy atom. The van der Waals surface area contributed by atoms with E-state index in [0.717, 1.165) is 0 Å². The van der Waals surface area contributed by atoms with E-state index in [1.54, 1.807) is 19.0 Å². The van der Waals surface area contributed by atoms with E-state index < -0.39 is 0 Å². The first kappa shape index (κ1) is 7.01. The van der Waals surface area contributed by atoms with Crippen LogP contribution in [0.1, 0.15) is 5.89 Å². The Bertz CT molecular complexity index is 208. The average molecular weight is 143 g/mol. The lowest BCUT2D eigenvalue weighted by Crippen LogP contribution is -2.10. The molecule has 1 aromatic heterocycles. The Morgan fingerprint density at radius 2 is 2.30 bits per heavy atom. The summed E-state index contributed by atoms with van der Waals surface area (Å²) in [6, 6.07) is 0. The van der Waals surface area contributed by atoms with Crippen LogP contribution in [-0.2, 0) is 6.61 Å². The molecule has 0 fully saturated rings. The van der Waals surface area contributed by atoms with Crippen molar-refractivity contribution in [2.75, 3.05) is 19.0 Å². The summed E-state index contributed by atoms with van der Waals surface area (Å²) >= 11 is 0. The predicted molar refractivity (Wildman–Crippen MR) is 34.5 cm³/mol. The van der Waals surface area contributed by atoms with E-state index in [2.05, 4.69) is 14.7 Å². The van der Waals surface area contributed by atoms with Gasteiger partial charge < -0.3 is 14.5 Å². The van der Waals surface area contributed by atoms with Gasteiger partial charge in [-0.25, -0.2) is 0 Å². The molecule has 0 saturated carbocycles. The lowest BCUT2D eigenvalue weighted by molar-refractivity contribution is 0.222. The van der Waals surface area contributed by atoms with Gasteiger partial charge in [-0.3, -0.25) is 0 Å². The molecule has 0 amide bonds. The van der Waals surface area contributed by atoms with Crippen LogP contribution < -0.4 is 4.90 Å². The van der Waals surface area contributed by atoms with Gasteiger partial charge in [0.15, 0.2) is 0 Å². The smallest absolute Gasteiger partial charge is 0.265 e. The van der Waals surface area contributed by atoms with E-state index in [0.29, 0.717) is 5.95 Å². The Hall–Kier alpha value is -1.10. The summed E-state index contributed by atoms with van der Waals surface area (Å²) in [5.74, 6) is 0.716. The highest BCUT2D eigenvalue weighted by Crippen LogP contribution is 2.03. The number of aliphatic hydroxyl groups is 1. The monoisotopic (exact) mass is 143 g/mol. The highest BCUT2D eigenvalue weighted by atomic mass is 16.5. The van der Waals surface area contributed by atoms with Crippen molar-refractivity contribution in [3.8, 4) is 0 Å². The molecule has 0 atom stereocenters. The van der Waals surface area contributed by atoms with Gasteiger partial charge in [0.2, 0.25) is 0 Å². The van der Waals surface area contributed by atoms with E-state index >= 15 is 0 Å². The van der Waals surface area contributed by atoms with Gasteiger partial charge >= 0.3 is 0 Å². The van der Waals surface area contributed by atoms with Gasteiger partial charge in [0.1, 0.15) is 6.61 Å². The molecule has 0 aromatic carbocycles. The lowest BCUT2D eigenvalue weighted by atomic mass is 10.7. The summed E-state index contributed by atoms with van der Waals surface area (Å²) in [7, 11) is 3.60. The number of aromatic nitrogens is 2. The quantitative estimate of drug-likeness (QED) is 0.611. The first-order chi connectivity index (χ1) is 4.74. The molecule has 5 heteroatoms. The topological polar surface area (TPSA) is 62.4 Å². The second kappa shape index (κ2) is 2.66. The zero-order valence-corrected chi connectivity index (χ0v) is 5.90.